The second kappa shape index (κ2) is 2.17. The number of anilines is 2. The number of aromatic nitrogens is 2. The van der Waals surface area contributed by atoms with E-state index in [2.05, 4.69) is 13.6 Å². The van der Waals surface area contributed by atoms with Crippen molar-refractivity contribution in [3.8, 4) is 5.88 Å². The van der Waals surface area contributed by atoms with Crippen molar-refractivity contribution in [2.45, 2.75) is 0 Å². The van der Waals surface area contributed by atoms with Gasteiger partial charge in [-0.1, -0.05) is 9.94 Å². The van der Waals surface area contributed by atoms with E-state index < -0.39 is 10.4 Å². The number of nitrogens with zero attached hydrogens (tertiary/aromatic N) is 2. The first-order chi connectivity index (χ1) is 5.99. The Kier molecular flexibility index (Phi) is 1.33. The molecule has 1 aromatic heterocycles. The lowest BCUT2D eigenvalue weighted by molar-refractivity contribution is 0.152. The van der Waals surface area contributed by atoms with Gasteiger partial charge in [0.25, 0.3) is 5.88 Å². The Bertz CT molecular complexity index is 449. The van der Waals surface area contributed by atoms with E-state index in [0.717, 1.165) is 0 Å². The molecule has 0 aromatic carbocycles. The van der Waals surface area contributed by atoms with Crippen LogP contribution < -0.4 is 15.4 Å². The molecule has 0 bridgehead atoms. The molecule has 10 heteroatoms. The number of nitrogens with two attached hydrogens (primary N) is 1. The lowest BCUT2D eigenvalue weighted by Crippen LogP contribution is -2.22. The normalized spacial score (nSPS) is 18.5. The van der Waals surface area contributed by atoms with Crippen LogP contribution in [0.25, 0.3) is 0 Å². The Morgan fingerprint density at radius 1 is 1.62 bits per heavy atom. The highest BCUT2D eigenvalue weighted by Crippen LogP contribution is 2.33. The van der Waals surface area contributed by atoms with Crippen LogP contribution in [0.1, 0.15) is 0 Å². The van der Waals surface area contributed by atoms with Gasteiger partial charge in [-0.15, -0.1) is 4.28 Å². The van der Waals surface area contributed by atoms with Gasteiger partial charge in [0.2, 0.25) is 0 Å². The molecule has 1 aliphatic rings. The molecule has 72 valence electrons. The Hall–Kier alpha value is -1.68. The van der Waals surface area contributed by atoms with Crippen molar-refractivity contribution in [3.05, 3.63) is 0 Å². The molecule has 0 fully saturated rings. The van der Waals surface area contributed by atoms with Crippen molar-refractivity contribution in [3.63, 3.8) is 0 Å². The summed E-state index contributed by atoms with van der Waals surface area (Å²) in [4.78, 5) is 0.266. The predicted molar refractivity (Wildman–Crippen MR) is 38.1 cm³/mol. The van der Waals surface area contributed by atoms with E-state index in [9.17, 15) is 8.42 Å². The van der Waals surface area contributed by atoms with Gasteiger partial charge in [-0.05, 0) is 0 Å². The summed E-state index contributed by atoms with van der Waals surface area (Å²) in [7, 11) is -4.15. The van der Waals surface area contributed by atoms with E-state index in [0.29, 0.717) is 0 Å². The van der Waals surface area contributed by atoms with Crippen molar-refractivity contribution >= 4 is 21.9 Å². The van der Waals surface area contributed by atoms with Crippen LogP contribution in [0.2, 0.25) is 0 Å². The lowest BCUT2D eigenvalue weighted by atomic mass is 10.5. The molecule has 0 spiro atoms. The highest BCUT2D eigenvalue weighted by molar-refractivity contribution is 7.82. The number of hydrogen-bond acceptors (Lipinski definition) is 8. The molecule has 4 N–H and O–H groups in total. The molecular weight excluding hydrogens is 204 g/mol. The van der Waals surface area contributed by atoms with Crippen molar-refractivity contribution in [2.24, 2.45) is 0 Å². The lowest BCUT2D eigenvalue weighted by Gasteiger charge is -2.11. The standard InChI is InChI=1S/C3H4N4O5S/c4-2-1-3(5-7(2)8)11-13(9,10)12-6-1/h6,8H,4H2. The van der Waals surface area contributed by atoms with Crippen molar-refractivity contribution in [1.29, 1.82) is 0 Å². The minimum Gasteiger partial charge on any atom is -0.410 e. The largest absolute Gasteiger partial charge is 0.472 e. The van der Waals surface area contributed by atoms with Crippen molar-refractivity contribution in [1.82, 2.24) is 9.94 Å². The topological polar surface area (TPSA) is 129 Å². The Morgan fingerprint density at radius 3 is 3.00 bits per heavy atom. The number of hydrogen-bond donors (Lipinski definition) is 3. The van der Waals surface area contributed by atoms with Crippen LogP contribution in [-0.2, 0) is 14.7 Å². The molecule has 0 amide bonds. The Labute approximate surface area is 71.9 Å². The van der Waals surface area contributed by atoms with Gasteiger partial charge in [0, 0.05) is 0 Å². The third-order valence-corrected chi connectivity index (χ3v) is 1.95. The average Bonchev–Trinajstić information content (AvgIpc) is 2.25. The smallest absolute Gasteiger partial charge is 0.410 e. The predicted octanol–water partition coefficient (Wildman–Crippen LogP) is -1.32. The van der Waals surface area contributed by atoms with Gasteiger partial charge in [-0.2, -0.15) is 8.42 Å². The minimum absolute atomic E-state index is 0.0441. The maximum absolute atomic E-state index is 10.7. The molecule has 0 saturated heterocycles. The number of rotatable bonds is 0. The summed E-state index contributed by atoms with van der Waals surface area (Å²) in [5.41, 5.74) is 7.16. The molecule has 0 unspecified atom stereocenters. The minimum atomic E-state index is -4.15. The molecule has 13 heavy (non-hydrogen) atoms. The summed E-state index contributed by atoms with van der Waals surface area (Å²) in [5.74, 6) is -0.587. The fourth-order valence-corrected chi connectivity index (χ4v) is 1.29. The zero-order chi connectivity index (χ0) is 9.64. The van der Waals surface area contributed by atoms with Crippen LogP contribution >= 0.6 is 0 Å². The number of nitrogens with one attached hydrogen (secondary N) is 1. The summed E-state index contributed by atoms with van der Waals surface area (Å²) < 4.78 is 29.6. The molecule has 2 rings (SSSR count). The Morgan fingerprint density at radius 2 is 2.31 bits per heavy atom. The highest BCUT2D eigenvalue weighted by Gasteiger charge is 2.30. The summed E-state index contributed by atoms with van der Waals surface area (Å²) >= 11 is 0. The monoisotopic (exact) mass is 208 g/mol. The van der Waals surface area contributed by atoms with E-state index in [-0.39, 0.29) is 22.2 Å². The average molecular weight is 208 g/mol. The number of fused-ring (bicyclic) bond motifs is 1. The van der Waals surface area contributed by atoms with Gasteiger partial charge in [-0.3, -0.25) is 0 Å². The van der Waals surface area contributed by atoms with Crippen LogP contribution in [0.5, 0.6) is 5.88 Å². The SMILES string of the molecule is Nc1c2c(nn1O)OS(=O)(=O)ON2. The Balaban J connectivity index is 2.54. The van der Waals surface area contributed by atoms with E-state index in [1.807, 2.05) is 5.48 Å². The molecule has 2 heterocycles. The van der Waals surface area contributed by atoms with Crippen LogP contribution in [0.4, 0.5) is 11.5 Å². The van der Waals surface area contributed by atoms with Gasteiger partial charge < -0.3 is 15.1 Å². The van der Waals surface area contributed by atoms with Gasteiger partial charge in [0.15, 0.2) is 11.5 Å². The molecule has 0 saturated carbocycles. The zero-order valence-electron chi connectivity index (χ0n) is 5.96. The quantitative estimate of drug-likeness (QED) is 0.448. The second-order valence-corrected chi connectivity index (χ2v) is 3.28. The van der Waals surface area contributed by atoms with Crippen LogP contribution in [-0.4, -0.2) is 23.6 Å². The fraction of sp³-hybridized carbons (Fsp3) is 0. The summed E-state index contributed by atoms with van der Waals surface area (Å²) in [6.07, 6.45) is 0. The summed E-state index contributed by atoms with van der Waals surface area (Å²) in [6, 6.07) is 0. The second-order valence-electron chi connectivity index (χ2n) is 2.13. The number of nitrogen functional groups attached to an aromatic ring is 1. The fourth-order valence-electron chi connectivity index (χ4n) is 0.760. The maximum atomic E-state index is 10.7. The molecule has 9 nitrogen and oxygen atoms in total. The molecular formula is C3H4N4O5S. The van der Waals surface area contributed by atoms with E-state index in [1.54, 1.807) is 0 Å². The van der Waals surface area contributed by atoms with E-state index in [1.165, 1.54) is 0 Å². The van der Waals surface area contributed by atoms with E-state index >= 15 is 0 Å². The van der Waals surface area contributed by atoms with Gasteiger partial charge >= 0.3 is 10.4 Å². The van der Waals surface area contributed by atoms with Crippen LogP contribution in [0.3, 0.4) is 0 Å². The maximum Gasteiger partial charge on any atom is 0.472 e. The molecule has 1 aliphatic heterocycles. The first kappa shape index (κ1) is 7.94. The van der Waals surface area contributed by atoms with Gasteiger partial charge in [-0.25, -0.2) is 5.48 Å². The molecule has 0 radical (unpaired) electrons. The van der Waals surface area contributed by atoms with Crippen molar-refractivity contribution in [2.75, 3.05) is 11.2 Å². The molecule has 1 aromatic rings. The third kappa shape index (κ3) is 1.11. The molecule has 0 atom stereocenters. The van der Waals surface area contributed by atoms with Gasteiger partial charge in [0.1, 0.15) is 0 Å². The van der Waals surface area contributed by atoms with Crippen LogP contribution in [0.15, 0.2) is 0 Å². The first-order valence-electron chi connectivity index (χ1n) is 2.96. The third-order valence-electron chi connectivity index (χ3n) is 1.30. The highest BCUT2D eigenvalue weighted by atomic mass is 32.3. The summed E-state index contributed by atoms with van der Waals surface area (Å²) in [5, 5.41) is 12.1. The zero-order valence-corrected chi connectivity index (χ0v) is 6.78. The first-order valence-corrected chi connectivity index (χ1v) is 4.29. The molecule has 0 aliphatic carbocycles. The van der Waals surface area contributed by atoms with Crippen molar-refractivity contribution < 1.29 is 22.1 Å². The van der Waals surface area contributed by atoms with E-state index in [4.69, 9.17) is 10.9 Å². The summed E-state index contributed by atoms with van der Waals surface area (Å²) in [6.45, 7) is 0. The van der Waals surface area contributed by atoms with Gasteiger partial charge in [0.05, 0.1) is 0 Å². The van der Waals surface area contributed by atoms with Crippen LogP contribution in [0, 0.1) is 0 Å².